The number of hydrogen-bond donors (Lipinski definition) is 1. The van der Waals surface area contributed by atoms with Crippen LogP contribution in [0.3, 0.4) is 0 Å². The number of ether oxygens (including phenoxy) is 1. The topological polar surface area (TPSA) is 101 Å². The Bertz CT molecular complexity index is 1240. The van der Waals surface area contributed by atoms with Crippen LogP contribution in [0.15, 0.2) is 52.6 Å². The van der Waals surface area contributed by atoms with Crippen LogP contribution in [-0.2, 0) is 19.2 Å². The molecule has 1 fully saturated rings. The van der Waals surface area contributed by atoms with Gasteiger partial charge in [0.05, 0.1) is 18.9 Å². The number of hydrogen-bond acceptors (Lipinski definition) is 6. The summed E-state index contributed by atoms with van der Waals surface area (Å²) in [5, 5.41) is 10.9. The summed E-state index contributed by atoms with van der Waals surface area (Å²) in [6.45, 7) is 3.91. The van der Waals surface area contributed by atoms with E-state index in [-0.39, 0.29) is 35.6 Å². The lowest BCUT2D eigenvalue weighted by atomic mass is 9.59. The first kappa shape index (κ1) is 22.3. The van der Waals surface area contributed by atoms with Crippen LogP contribution in [-0.4, -0.2) is 47.0 Å². The number of aromatic hydroxyl groups is 1. The van der Waals surface area contributed by atoms with Gasteiger partial charge in [0, 0.05) is 34.7 Å². The lowest BCUT2D eigenvalue weighted by Crippen LogP contribution is -2.40. The van der Waals surface area contributed by atoms with Crippen molar-refractivity contribution in [3.8, 4) is 11.5 Å². The largest absolute Gasteiger partial charge is 0.507 e. The predicted octanol–water partition coefficient (Wildman–Crippen LogP) is 3.24. The number of nitrogens with zero attached hydrogens (tertiary/aromatic N) is 1. The lowest BCUT2D eigenvalue weighted by molar-refractivity contribution is -0.140. The number of allylic oxidation sites excluding steroid dienone is 6. The molecule has 1 saturated heterocycles. The number of carbonyl (C=O) groups is 4. The van der Waals surface area contributed by atoms with Gasteiger partial charge in [0.25, 0.3) is 0 Å². The van der Waals surface area contributed by atoms with Crippen LogP contribution in [0.5, 0.6) is 11.5 Å². The Kier molecular flexibility index (Phi) is 5.30. The quantitative estimate of drug-likeness (QED) is 0.420. The van der Waals surface area contributed by atoms with Crippen molar-refractivity contribution in [2.45, 2.75) is 39.0 Å². The highest BCUT2D eigenvalue weighted by atomic mass is 16.5. The van der Waals surface area contributed by atoms with Gasteiger partial charge >= 0.3 is 0 Å². The first-order valence-corrected chi connectivity index (χ1v) is 11.7. The van der Waals surface area contributed by atoms with Crippen molar-refractivity contribution in [1.82, 2.24) is 4.90 Å². The molecule has 176 valence electrons. The number of likely N-dealkylation sites (tertiary alicyclic amines) is 1. The molecule has 1 aromatic carbocycles. The Labute approximate surface area is 197 Å². The highest BCUT2D eigenvalue weighted by Crippen LogP contribution is 2.57. The SMILES string of the molecule is CCCN1C(=O)C2CC=C3C(c4c(O)cccc4OC)C4=C(CC3C2C1=O)C(=O)C(C)=CC4=O. The molecule has 0 radical (unpaired) electrons. The zero-order chi connectivity index (χ0) is 24.3. The fourth-order valence-corrected chi connectivity index (χ4v) is 6.22. The highest BCUT2D eigenvalue weighted by molar-refractivity contribution is 6.23. The smallest absolute Gasteiger partial charge is 0.233 e. The molecule has 1 aliphatic heterocycles. The number of rotatable bonds is 4. The number of benzene rings is 1. The van der Waals surface area contributed by atoms with Crippen LogP contribution in [0.25, 0.3) is 0 Å². The molecular formula is C27H27NO6. The van der Waals surface area contributed by atoms with Crippen molar-refractivity contribution in [1.29, 1.82) is 0 Å². The number of imide groups is 1. The Balaban J connectivity index is 1.72. The maximum atomic E-state index is 13.4. The van der Waals surface area contributed by atoms with E-state index in [2.05, 4.69) is 0 Å². The fourth-order valence-electron chi connectivity index (χ4n) is 6.22. The summed E-state index contributed by atoms with van der Waals surface area (Å²) in [5.74, 6) is -2.70. The molecule has 3 aliphatic carbocycles. The van der Waals surface area contributed by atoms with E-state index in [0.717, 1.165) is 5.57 Å². The molecular weight excluding hydrogens is 434 g/mol. The third-order valence-corrected chi connectivity index (χ3v) is 7.65. The first-order chi connectivity index (χ1) is 16.3. The lowest BCUT2D eigenvalue weighted by Gasteiger charge is -2.42. The minimum atomic E-state index is -0.727. The Morgan fingerprint density at radius 3 is 2.59 bits per heavy atom. The molecule has 1 heterocycles. The minimum Gasteiger partial charge on any atom is -0.507 e. The van der Waals surface area contributed by atoms with E-state index < -0.39 is 23.7 Å². The third-order valence-electron chi connectivity index (χ3n) is 7.65. The number of methoxy groups -OCH3 is 1. The Hall–Kier alpha value is -3.48. The fraction of sp³-hybridized carbons (Fsp3) is 0.407. The van der Waals surface area contributed by atoms with Gasteiger partial charge in [-0.2, -0.15) is 0 Å². The van der Waals surface area contributed by atoms with E-state index in [1.807, 2.05) is 13.0 Å². The van der Waals surface area contributed by atoms with Gasteiger partial charge in [-0.15, -0.1) is 0 Å². The monoisotopic (exact) mass is 461 g/mol. The normalized spacial score (nSPS) is 28.4. The van der Waals surface area contributed by atoms with Gasteiger partial charge in [0.2, 0.25) is 11.8 Å². The summed E-state index contributed by atoms with van der Waals surface area (Å²) < 4.78 is 5.55. The Morgan fingerprint density at radius 2 is 1.88 bits per heavy atom. The van der Waals surface area contributed by atoms with Crippen molar-refractivity contribution in [2.24, 2.45) is 17.8 Å². The molecule has 4 atom stereocenters. The summed E-state index contributed by atoms with van der Waals surface area (Å²) in [6.07, 6.45) is 4.57. The molecule has 34 heavy (non-hydrogen) atoms. The maximum absolute atomic E-state index is 13.4. The van der Waals surface area contributed by atoms with E-state index in [9.17, 15) is 24.3 Å². The van der Waals surface area contributed by atoms with Crippen molar-refractivity contribution in [3.05, 3.63) is 58.2 Å². The van der Waals surface area contributed by atoms with Crippen LogP contribution in [0, 0.1) is 17.8 Å². The van der Waals surface area contributed by atoms with Gasteiger partial charge in [-0.05, 0) is 50.3 Å². The second kappa shape index (κ2) is 8.08. The second-order valence-corrected chi connectivity index (χ2v) is 9.45. The van der Waals surface area contributed by atoms with Gasteiger partial charge in [0.15, 0.2) is 11.6 Å². The van der Waals surface area contributed by atoms with E-state index in [4.69, 9.17) is 4.74 Å². The third kappa shape index (κ3) is 3.02. The van der Waals surface area contributed by atoms with Crippen LogP contribution < -0.4 is 4.74 Å². The first-order valence-electron chi connectivity index (χ1n) is 11.7. The van der Waals surface area contributed by atoms with Crippen LogP contribution in [0.2, 0.25) is 0 Å². The van der Waals surface area contributed by atoms with Crippen molar-refractivity contribution < 1.29 is 29.0 Å². The number of carbonyl (C=O) groups excluding carboxylic acids is 4. The molecule has 1 N–H and O–H groups in total. The van der Waals surface area contributed by atoms with E-state index in [0.29, 0.717) is 47.4 Å². The Morgan fingerprint density at radius 1 is 1.12 bits per heavy atom. The van der Waals surface area contributed by atoms with E-state index >= 15 is 0 Å². The average molecular weight is 462 g/mol. The molecule has 7 heteroatoms. The van der Waals surface area contributed by atoms with E-state index in [1.165, 1.54) is 24.2 Å². The molecule has 4 unspecified atom stereocenters. The molecule has 0 bridgehead atoms. The number of phenolic OH excluding ortho intramolecular Hbond substituents is 1. The average Bonchev–Trinajstić information content (AvgIpc) is 3.06. The molecule has 0 aromatic heterocycles. The molecule has 0 spiro atoms. The number of Topliss-reactive ketones (excluding diaryl/α,β-unsaturated/α-hetero) is 1. The van der Waals surface area contributed by atoms with Gasteiger partial charge in [-0.3, -0.25) is 24.1 Å². The minimum absolute atomic E-state index is 0.0483. The van der Waals surface area contributed by atoms with Gasteiger partial charge in [-0.1, -0.05) is 24.6 Å². The molecule has 4 aliphatic rings. The van der Waals surface area contributed by atoms with Crippen molar-refractivity contribution in [2.75, 3.05) is 13.7 Å². The molecule has 0 saturated carbocycles. The zero-order valence-corrected chi connectivity index (χ0v) is 19.5. The van der Waals surface area contributed by atoms with Crippen molar-refractivity contribution in [3.63, 3.8) is 0 Å². The maximum Gasteiger partial charge on any atom is 0.233 e. The number of ketones is 2. The van der Waals surface area contributed by atoms with E-state index in [1.54, 1.807) is 19.1 Å². The standard InChI is InChI=1S/C27H27NO6/c1-4-10-28-26(32)15-9-8-14-16(21(15)27(28)33)12-17-22(19(30)11-13(2)25(17)31)23(14)24-18(29)6-5-7-20(24)34-3/h5-8,11,15-16,21,23,29H,4,9-10,12H2,1-3H3. The molecule has 5 rings (SSSR count). The summed E-state index contributed by atoms with van der Waals surface area (Å²) >= 11 is 0. The molecule has 1 aromatic rings. The predicted molar refractivity (Wildman–Crippen MR) is 123 cm³/mol. The zero-order valence-electron chi connectivity index (χ0n) is 19.5. The molecule has 2 amide bonds. The number of amides is 2. The van der Waals surface area contributed by atoms with Crippen molar-refractivity contribution >= 4 is 23.4 Å². The number of fused-ring (bicyclic) bond motifs is 3. The summed E-state index contributed by atoms with van der Waals surface area (Å²) in [5.41, 5.74) is 2.26. The molecule has 7 nitrogen and oxygen atoms in total. The van der Waals surface area contributed by atoms with Crippen LogP contribution in [0.4, 0.5) is 0 Å². The number of phenols is 1. The van der Waals surface area contributed by atoms with Gasteiger partial charge in [0.1, 0.15) is 11.5 Å². The van der Waals surface area contributed by atoms with Crippen LogP contribution >= 0.6 is 0 Å². The van der Waals surface area contributed by atoms with Gasteiger partial charge in [-0.25, -0.2) is 0 Å². The summed E-state index contributed by atoms with van der Waals surface area (Å²) in [7, 11) is 1.48. The summed E-state index contributed by atoms with van der Waals surface area (Å²) in [6, 6.07) is 4.88. The van der Waals surface area contributed by atoms with Gasteiger partial charge < -0.3 is 9.84 Å². The second-order valence-electron chi connectivity index (χ2n) is 9.45. The highest BCUT2D eigenvalue weighted by Gasteiger charge is 2.56. The summed E-state index contributed by atoms with van der Waals surface area (Å²) in [4.78, 5) is 54.3. The van der Waals surface area contributed by atoms with Crippen LogP contribution in [0.1, 0.15) is 44.6 Å².